The minimum atomic E-state index is -0.923. The van der Waals surface area contributed by atoms with Crippen LogP contribution in [-0.2, 0) is 9.53 Å². The Morgan fingerprint density at radius 2 is 1.96 bits per heavy atom. The molecular formula is C19H22ClN3O4. The maximum atomic E-state index is 13.2. The van der Waals surface area contributed by atoms with E-state index < -0.39 is 5.97 Å². The number of hydrogen-bond donors (Lipinski definition) is 1. The second kappa shape index (κ2) is 8.54. The number of nitrogens with zero attached hydrogens (tertiary/aromatic N) is 3. The third-order valence-electron chi connectivity index (χ3n) is 4.68. The summed E-state index contributed by atoms with van der Waals surface area (Å²) in [7, 11) is 0. The minimum absolute atomic E-state index is 0.0242. The Morgan fingerprint density at radius 1 is 1.30 bits per heavy atom. The topological polar surface area (TPSA) is 84.7 Å². The van der Waals surface area contributed by atoms with E-state index in [0.29, 0.717) is 42.3 Å². The van der Waals surface area contributed by atoms with E-state index in [0.717, 1.165) is 5.69 Å². The van der Waals surface area contributed by atoms with Crippen LogP contribution in [0.25, 0.3) is 5.69 Å². The van der Waals surface area contributed by atoms with Crippen LogP contribution in [0.3, 0.4) is 0 Å². The van der Waals surface area contributed by atoms with Crippen molar-refractivity contribution in [2.75, 3.05) is 19.8 Å². The van der Waals surface area contributed by atoms with Gasteiger partial charge in [0, 0.05) is 37.0 Å². The summed E-state index contributed by atoms with van der Waals surface area (Å²) in [5.74, 6) is -1.12. The summed E-state index contributed by atoms with van der Waals surface area (Å²) < 4.78 is 7.01. The minimum Gasteiger partial charge on any atom is -0.481 e. The van der Waals surface area contributed by atoms with Crippen LogP contribution in [-0.4, -0.2) is 57.5 Å². The largest absolute Gasteiger partial charge is 0.481 e. The number of hydrogen-bond acceptors (Lipinski definition) is 4. The van der Waals surface area contributed by atoms with Crippen LogP contribution in [0.2, 0.25) is 5.02 Å². The van der Waals surface area contributed by atoms with E-state index in [9.17, 15) is 9.59 Å². The maximum Gasteiger partial charge on any atom is 0.305 e. The zero-order chi connectivity index (χ0) is 19.4. The summed E-state index contributed by atoms with van der Waals surface area (Å²) in [5.41, 5.74) is 1.87. The predicted molar refractivity (Wildman–Crippen MR) is 100 cm³/mol. The average molecular weight is 392 g/mol. The summed E-state index contributed by atoms with van der Waals surface area (Å²) >= 11 is 5.93. The molecule has 0 radical (unpaired) electrons. The molecule has 8 heteroatoms. The van der Waals surface area contributed by atoms with Gasteiger partial charge in [0.2, 0.25) is 0 Å². The number of carboxylic acid groups (broad SMARTS) is 1. The number of aromatic nitrogens is 2. The van der Waals surface area contributed by atoms with E-state index in [1.165, 1.54) is 0 Å². The molecule has 2 aromatic rings. The fourth-order valence-corrected chi connectivity index (χ4v) is 3.34. The summed E-state index contributed by atoms with van der Waals surface area (Å²) in [4.78, 5) is 25.9. The molecule has 1 fully saturated rings. The number of carboxylic acids is 1. The van der Waals surface area contributed by atoms with E-state index in [4.69, 9.17) is 21.4 Å². The molecule has 27 heavy (non-hydrogen) atoms. The van der Waals surface area contributed by atoms with E-state index in [1.807, 2.05) is 12.1 Å². The van der Waals surface area contributed by atoms with Crippen LogP contribution in [0.15, 0.2) is 30.5 Å². The van der Waals surface area contributed by atoms with Crippen LogP contribution in [0.4, 0.5) is 0 Å². The molecule has 2 heterocycles. The molecule has 1 aromatic heterocycles. The summed E-state index contributed by atoms with van der Waals surface area (Å²) in [6.07, 6.45) is 3.01. The van der Waals surface area contributed by atoms with Gasteiger partial charge in [0.1, 0.15) is 0 Å². The molecule has 0 saturated carbocycles. The second-order valence-electron chi connectivity index (χ2n) is 6.54. The molecule has 0 aliphatic carbocycles. The first-order chi connectivity index (χ1) is 13.0. The lowest BCUT2D eigenvalue weighted by atomic mass is 10.1. The average Bonchev–Trinajstić information content (AvgIpc) is 3.04. The lowest BCUT2D eigenvalue weighted by Crippen LogP contribution is -2.44. The van der Waals surface area contributed by atoms with Crippen molar-refractivity contribution in [2.45, 2.75) is 32.2 Å². The Labute approximate surface area is 162 Å². The van der Waals surface area contributed by atoms with Crippen LogP contribution in [0.1, 0.15) is 35.3 Å². The SMILES string of the molecule is Cc1nn(-c2ccc(Cl)cc2)cc1C(=O)N(CCC(=O)O)C1CCOCC1. The fraction of sp³-hybridized carbons (Fsp3) is 0.421. The first-order valence-corrected chi connectivity index (χ1v) is 9.26. The molecule has 1 aliphatic heterocycles. The first-order valence-electron chi connectivity index (χ1n) is 8.88. The monoisotopic (exact) mass is 391 g/mol. The van der Waals surface area contributed by atoms with Crippen molar-refractivity contribution in [1.82, 2.24) is 14.7 Å². The summed E-state index contributed by atoms with van der Waals surface area (Å²) in [6.45, 7) is 3.10. The standard InChI is InChI=1S/C19H22ClN3O4/c1-13-17(12-23(21-13)16-4-2-14(20)3-5-16)19(26)22(9-6-18(24)25)15-7-10-27-11-8-15/h2-5,12,15H,6-11H2,1H3,(H,24,25). The molecule has 0 atom stereocenters. The van der Waals surface area contributed by atoms with E-state index in [-0.39, 0.29) is 24.9 Å². The Kier molecular flexibility index (Phi) is 6.13. The molecule has 1 N–H and O–H groups in total. The van der Waals surface area contributed by atoms with Gasteiger partial charge < -0.3 is 14.7 Å². The van der Waals surface area contributed by atoms with Crippen molar-refractivity contribution < 1.29 is 19.4 Å². The summed E-state index contributed by atoms with van der Waals surface area (Å²) in [6, 6.07) is 7.14. The summed E-state index contributed by atoms with van der Waals surface area (Å²) in [5, 5.41) is 14.1. The Bertz CT molecular complexity index is 813. The van der Waals surface area contributed by atoms with Crippen molar-refractivity contribution in [3.05, 3.63) is 46.7 Å². The fourth-order valence-electron chi connectivity index (χ4n) is 3.21. The van der Waals surface area contributed by atoms with Crippen LogP contribution in [0, 0.1) is 6.92 Å². The number of amides is 1. The molecule has 1 aliphatic rings. The third kappa shape index (κ3) is 4.67. The Balaban J connectivity index is 1.86. The molecule has 0 spiro atoms. The highest BCUT2D eigenvalue weighted by molar-refractivity contribution is 6.30. The number of aliphatic carboxylic acids is 1. The van der Waals surface area contributed by atoms with Gasteiger partial charge in [-0.2, -0.15) is 5.10 Å². The number of halogens is 1. The van der Waals surface area contributed by atoms with Gasteiger partial charge in [0.25, 0.3) is 5.91 Å². The van der Waals surface area contributed by atoms with Gasteiger partial charge in [-0.1, -0.05) is 11.6 Å². The van der Waals surface area contributed by atoms with Crippen LogP contribution in [0.5, 0.6) is 0 Å². The van der Waals surface area contributed by atoms with Gasteiger partial charge in [-0.15, -0.1) is 0 Å². The highest BCUT2D eigenvalue weighted by atomic mass is 35.5. The smallest absolute Gasteiger partial charge is 0.305 e. The molecule has 3 rings (SSSR count). The number of carbonyl (C=O) groups excluding carboxylic acids is 1. The van der Waals surface area contributed by atoms with Gasteiger partial charge >= 0.3 is 5.97 Å². The van der Waals surface area contributed by atoms with E-state index in [2.05, 4.69) is 5.10 Å². The molecule has 144 valence electrons. The molecule has 7 nitrogen and oxygen atoms in total. The van der Waals surface area contributed by atoms with Gasteiger partial charge in [-0.3, -0.25) is 9.59 Å². The maximum absolute atomic E-state index is 13.2. The normalized spacial score (nSPS) is 14.9. The number of carbonyl (C=O) groups is 2. The van der Waals surface area contributed by atoms with Gasteiger partial charge in [-0.25, -0.2) is 4.68 Å². The van der Waals surface area contributed by atoms with Crippen LogP contribution >= 0.6 is 11.6 Å². The first kappa shape index (κ1) is 19.4. The second-order valence-corrected chi connectivity index (χ2v) is 6.97. The molecular weight excluding hydrogens is 370 g/mol. The van der Waals surface area contributed by atoms with Crippen molar-refractivity contribution in [1.29, 1.82) is 0 Å². The molecule has 1 saturated heterocycles. The molecule has 0 bridgehead atoms. The van der Waals surface area contributed by atoms with Gasteiger partial charge in [0.05, 0.1) is 23.4 Å². The zero-order valence-corrected chi connectivity index (χ0v) is 15.9. The van der Waals surface area contributed by atoms with Crippen molar-refractivity contribution in [3.8, 4) is 5.69 Å². The highest BCUT2D eigenvalue weighted by Crippen LogP contribution is 2.21. The lowest BCUT2D eigenvalue weighted by Gasteiger charge is -2.34. The quantitative estimate of drug-likeness (QED) is 0.818. The highest BCUT2D eigenvalue weighted by Gasteiger charge is 2.29. The van der Waals surface area contributed by atoms with E-state index in [1.54, 1.807) is 34.8 Å². The van der Waals surface area contributed by atoms with Crippen LogP contribution < -0.4 is 0 Å². The number of aryl methyl sites for hydroxylation is 1. The number of benzene rings is 1. The third-order valence-corrected chi connectivity index (χ3v) is 4.93. The number of rotatable bonds is 6. The van der Waals surface area contributed by atoms with Gasteiger partial charge in [0.15, 0.2) is 0 Å². The van der Waals surface area contributed by atoms with Crippen molar-refractivity contribution in [2.24, 2.45) is 0 Å². The van der Waals surface area contributed by atoms with E-state index >= 15 is 0 Å². The Morgan fingerprint density at radius 3 is 2.59 bits per heavy atom. The zero-order valence-electron chi connectivity index (χ0n) is 15.1. The predicted octanol–water partition coefficient (Wildman–Crippen LogP) is 2.93. The lowest BCUT2D eigenvalue weighted by molar-refractivity contribution is -0.137. The molecule has 0 unspecified atom stereocenters. The number of ether oxygens (including phenoxy) is 1. The molecule has 1 aromatic carbocycles. The van der Waals surface area contributed by atoms with Crippen molar-refractivity contribution in [3.63, 3.8) is 0 Å². The Hall–Kier alpha value is -2.38. The van der Waals surface area contributed by atoms with Gasteiger partial charge in [-0.05, 0) is 44.0 Å². The molecule has 1 amide bonds. The van der Waals surface area contributed by atoms with Crippen molar-refractivity contribution >= 4 is 23.5 Å².